The minimum atomic E-state index is -0.956. The van der Waals surface area contributed by atoms with E-state index >= 15 is 0 Å². The van der Waals surface area contributed by atoms with Gasteiger partial charge in [0, 0.05) is 18.1 Å². The molecule has 0 aliphatic heterocycles. The van der Waals surface area contributed by atoms with Gasteiger partial charge in [0.2, 0.25) is 0 Å². The van der Waals surface area contributed by atoms with Crippen molar-refractivity contribution in [2.75, 3.05) is 6.61 Å². The van der Waals surface area contributed by atoms with Crippen LogP contribution in [0.4, 0.5) is 4.39 Å². The number of nitrogens with zero attached hydrogens (tertiary/aromatic N) is 1. The summed E-state index contributed by atoms with van der Waals surface area (Å²) in [7, 11) is 0. The second kappa shape index (κ2) is 9.42. The van der Waals surface area contributed by atoms with Gasteiger partial charge in [-0.05, 0) is 80.0 Å². The molecule has 0 bridgehead atoms. The van der Waals surface area contributed by atoms with E-state index in [1.165, 1.54) is 18.9 Å². The Balaban J connectivity index is 1.52. The summed E-state index contributed by atoms with van der Waals surface area (Å²) in [6.45, 7) is 4.69. The number of carboxylic acid groups (broad SMARTS) is 1. The molecule has 0 amide bonds. The van der Waals surface area contributed by atoms with Crippen molar-refractivity contribution in [2.24, 2.45) is 5.92 Å². The smallest absolute Gasteiger partial charge is 0.303 e. The maximum Gasteiger partial charge on any atom is 0.303 e. The number of carbonyl (C=O) groups is 1. The van der Waals surface area contributed by atoms with Crippen LogP contribution in [-0.2, 0) is 17.8 Å². The first-order valence-electron chi connectivity index (χ1n) is 10.7. The number of carboxylic acids is 1. The minimum Gasteiger partial charge on any atom is -0.493 e. The van der Waals surface area contributed by atoms with Crippen molar-refractivity contribution >= 4 is 5.97 Å². The molecule has 0 saturated heterocycles. The highest BCUT2D eigenvalue weighted by atomic mass is 19.1. The Labute approximate surface area is 186 Å². The highest BCUT2D eigenvalue weighted by Gasteiger charge is 2.22. The van der Waals surface area contributed by atoms with E-state index in [9.17, 15) is 9.18 Å². The van der Waals surface area contributed by atoms with E-state index < -0.39 is 11.8 Å². The Morgan fingerprint density at radius 2 is 1.97 bits per heavy atom. The van der Waals surface area contributed by atoms with E-state index in [-0.39, 0.29) is 19.4 Å². The van der Waals surface area contributed by atoms with Gasteiger partial charge in [0.05, 0.1) is 12.3 Å². The van der Waals surface area contributed by atoms with Crippen LogP contribution in [-0.4, -0.2) is 22.8 Å². The third-order valence-corrected chi connectivity index (χ3v) is 5.51. The van der Waals surface area contributed by atoms with Crippen LogP contribution in [0, 0.1) is 25.6 Å². The van der Waals surface area contributed by atoms with E-state index in [2.05, 4.69) is 5.16 Å². The second-order valence-corrected chi connectivity index (χ2v) is 8.25. The molecule has 0 spiro atoms. The number of hydrogen-bond donors (Lipinski definition) is 1. The molecule has 7 heteroatoms. The van der Waals surface area contributed by atoms with Gasteiger partial charge in [-0.25, -0.2) is 4.39 Å². The zero-order valence-corrected chi connectivity index (χ0v) is 18.2. The Morgan fingerprint density at radius 1 is 1.16 bits per heavy atom. The van der Waals surface area contributed by atoms with Crippen LogP contribution in [0.15, 0.2) is 40.9 Å². The van der Waals surface area contributed by atoms with Crippen LogP contribution in [0.25, 0.3) is 11.1 Å². The summed E-state index contributed by atoms with van der Waals surface area (Å²) in [6.07, 6.45) is 2.43. The van der Waals surface area contributed by atoms with Gasteiger partial charge in [-0.1, -0.05) is 11.2 Å². The summed E-state index contributed by atoms with van der Waals surface area (Å²) < 4.78 is 31.5. The molecule has 4 rings (SSSR count). The molecule has 1 aliphatic rings. The highest BCUT2D eigenvalue weighted by Crippen LogP contribution is 2.34. The van der Waals surface area contributed by atoms with Crippen molar-refractivity contribution in [3.05, 3.63) is 64.8 Å². The molecule has 6 nitrogen and oxygen atoms in total. The van der Waals surface area contributed by atoms with Crippen molar-refractivity contribution in [3.8, 4) is 22.6 Å². The van der Waals surface area contributed by atoms with E-state index in [4.69, 9.17) is 19.1 Å². The van der Waals surface area contributed by atoms with Crippen LogP contribution < -0.4 is 9.47 Å². The van der Waals surface area contributed by atoms with Gasteiger partial charge in [-0.3, -0.25) is 4.79 Å². The number of aliphatic carboxylic acids is 1. The molecule has 1 aliphatic carbocycles. The van der Waals surface area contributed by atoms with Gasteiger partial charge in [0.25, 0.3) is 0 Å². The molecule has 0 atom stereocenters. The number of ether oxygens (including phenoxy) is 2. The number of aryl methyl sites for hydroxylation is 3. The average Bonchev–Trinajstić information content (AvgIpc) is 3.53. The van der Waals surface area contributed by atoms with Gasteiger partial charge in [0.15, 0.2) is 0 Å². The lowest BCUT2D eigenvalue weighted by Gasteiger charge is -2.13. The van der Waals surface area contributed by atoms with Crippen molar-refractivity contribution in [3.63, 3.8) is 0 Å². The van der Waals surface area contributed by atoms with Crippen molar-refractivity contribution in [1.29, 1.82) is 0 Å². The van der Waals surface area contributed by atoms with E-state index in [0.717, 1.165) is 33.9 Å². The lowest BCUT2D eigenvalue weighted by Crippen LogP contribution is -2.02. The summed E-state index contributed by atoms with van der Waals surface area (Å²) in [6, 6.07) is 10.4. The molecule has 3 aromatic rings. The zero-order chi connectivity index (χ0) is 22.7. The van der Waals surface area contributed by atoms with Gasteiger partial charge in [-0.2, -0.15) is 0 Å². The topological polar surface area (TPSA) is 81.8 Å². The zero-order valence-electron chi connectivity index (χ0n) is 18.2. The maximum absolute atomic E-state index is 14.3. The third-order valence-electron chi connectivity index (χ3n) is 5.51. The quantitative estimate of drug-likeness (QED) is 0.450. The minimum absolute atomic E-state index is 0.116. The number of hydrogen-bond acceptors (Lipinski definition) is 5. The molecule has 2 aromatic carbocycles. The monoisotopic (exact) mass is 439 g/mol. The molecule has 1 N–H and O–H groups in total. The fourth-order valence-corrected chi connectivity index (χ4v) is 3.59. The maximum atomic E-state index is 14.3. The molecule has 0 unspecified atom stereocenters. The van der Waals surface area contributed by atoms with Gasteiger partial charge >= 0.3 is 5.97 Å². The van der Waals surface area contributed by atoms with Gasteiger partial charge < -0.3 is 19.1 Å². The predicted molar refractivity (Wildman–Crippen MR) is 116 cm³/mol. The normalized spacial score (nSPS) is 13.2. The Hall–Kier alpha value is -3.35. The largest absolute Gasteiger partial charge is 0.493 e. The molecule has 168 valence electrons. The first kappa shape index (κ1) is 21.9. The first-order chi connectivity index (χ1) is 15.4. The average molecular weight is 439 g/mol. The van der Waals surface area contributed by atoms with Crippen LogP contribution in [0.1, 0.15) is 41.8 Å². The predicted octanol–water partition coefficient (Wildman–Crippen LogP) is 5.48. The molecule has 1 saturated carbocycles. The van der Waals surface area contributed by atoms with Crippen LogP contribution in [0.5, 0.6) is 11.5 Å². The van der Waals surface area contributed by atoms with E-state index in [1.54, 1.807) is 12.1 Å². The number of rotatable bonds is 10. The van der Waals surface area contributed by atoms with E-state index in [0.29, 0.717) is 23.8 Å². The van der Waals surface area contributed by atoms with Gasteiger partial charge in [-0.15, -0.1) is 0 Å². The Morgan fingerprint density at radius 3 is 2.62 bits per heavy atom. The molecular weight excluding hydrogens is 413 g/mol. The summed E-state index contributed by atoms with van der Waals surface area (Å²) >= 11 is 0. The third kappa shape index (κ3) is 5.46. The molecule has 1 fully saturated rings. The van der Waals surface area contributed by atoms with Crippen LogP contribution in [0.2, 0.25) is 0 Å². The van der Waals surface area contributed by atoms with Crippen molar-refractivity contribution in [1.82, 2.24) is 5.16 Å². The lowest BCUT2D eigenvalue weighted by molar-refractivity contribution is -0.136. The second-order valence-electron chi connectivity index (χ2n) is 8.25. The molecule has 1 aromatic heterocycles. The van der Waals surface area contributed by atoms with Gasteiger partial charge in [0.1, 0.15) is 29.7 Å². The fourth-order valence-electron chi connectivity index (χ4n) is 3.59. The Kier molecular flexibility index (Phi) is 6.44. The fraction of sp³-hybridized carbons (Fsp3) is 0.360. The summed E-state index contributed by atoms with van der Waals surface area (Å²) in [5, 5.41) is 12.8. The van der Waals surface area contributed by atoms with Crippen molar-refractivity contribution < 1.29 is 28.3 Å². The highest BCUT2D eigenvalue weighted by molar-refractivity contribution is 5.70. The molecule has 32 heavy (non-hydrogen) atoms. The lowest BCUT2D eigenvalue weighted by atomic mass is 10.0. The standard InChI is InChI=1S/C25H26FNO5/c1-15-25(16(2)32-27-15)20-9-18(10-22(11-20)31-13-17-3-4-17)14-30-21-7-5-19(23(26)12-21)6-8-24(28)29/h5,7,9-12,17H,3-4,6,8,13-14H2,1-2H3,(H,28,29). The number of benzene rings is 2. The van der Waals surface area contributed by atoms with Crippen molar-refractivity contribution in [2.45, 2.75) is 46.1 Å². The SMILES string of the molecule is Cc1noc(C)c1-c1cc(COc2ccc(CCC(=O)O)c(F)c2)cc(OCC2CC2)c1. The number of halogens is 1. The first-order valence-corrected chi connectivity index (χ1v) is 10.7. The Bertz CT molecular complexity index is 1100. The van der Waals surface area contributed by atoms with Crippen LogP contribution >= 0.6 is 0 Å². The van der Waals surface area contributed by atoms with E-state index in [1.807, 2.05) is 32.0 Å². The summed E-state index contributed by atoms with van der Waals surface area (Å²) in [5.41, 5.74) is 3.90. The number of aromatic nitrogens is 1. The molecule has 0 radical (unpaired) electrons. The van der Waals surface area contributed by atoms with Crippen LogP contribution in [0.3, 0.4) is 0 Å². The summed E-state index contributed by atoms with van der Waals surface area (Å²) in [5.74, 6) is 1.06. The summed E-state index contributed by atoms with van der Waals surface area (Å²) in [4.78, 5) is 10.7. The molecular formula is C25H26FNO5. The molecule has 1 heterocycles.